The zero-order chi connectivity index (χ0) is 17.4. The number of benzene rings is 2. The molecule has 1 aliphatic carbocycles. The maximum Gasteiger partial charge on any atom is 0.129 e. The van der Waals surface area contributed by atoms with Crippen LogP contribution in [0.15, 0.2) is 48.5 Å². The summed E-state index contributed by atoms with van der Waals surface area (Å²) < 4.78 is 0. The molecule has 0 aromatic heterocycles. The van der Waals surface area contributed by atoms with Crippen molar-refractivity contribution in [2.45, 2.75) is 58.8 Å². The SMILES string of the molecule is CC(=O)CCC(C)(C)CCC1(C)c2ccccc2-c2ccccc21. The lowest BCUT2D eigenvalue weighted by molar-refractivity contribution is -0.117. The van der Waals surface area contributed by atoms with Crippen LogP contribution in [-0.4, -0.2) is 5.78 Å². The molecule has 0 atom stereocenters. The molecule has 1 heteroatoms. The van der Waals surface area contributed by atoms with Crippen molar-refractivity contribution in [2.75, 3.05) is 0 Å². The predicted molar refractivity (Wildman–Crippen MR) is 101 cm³/mol. The van der Waals surface area contributed by atoms with E-state index in [1.54, 1.807) is 6.92 Å². The molecule has 0 unspecified atom stereocenters. The number of hydrogen-bond acceptors (Lipinski definition) is 1. The van der Waals surface area contributed by atoms with Gasteiger partial charge in [0.1, 0.15) is 5.78 Å². The Bertz CT molecular complexity index is 709. The topological polar surface area (TPSA) is 17.1 Å². The van der Waals surface area contributed by atoms with E-state index in [1.165, 1.54) is 22.3 Å². The van der Waals surface area contributed by atoms with E-state index in [0.29, 0.717) is 12.2 Å². The Morgan fingerprint density at radius 3 is 1.92 bits per heavy atom. The molecule has 0 N–H and O–H groups in total. The molecule has 0 spiro atoms. The van der Waals surface area contributed by atoms with Crippen LogP contribution >= 0.6 is 0 Å². The molecule has 0 amide bonds. The number of hydrogen-bond donors (Lipinski definition) is 0. The van der Waals surface area contributed by atoms with Gasteiger partial charge in [-0.25, -0.2) is 0 Å². The Morgan fingerprint density at radius 1 is 0.917 bits per heavy atom. The average Bonchev–Trinajstić information content (AvgIpc) is 2.83. The van der Waals surface area contributed by atoms with Crippen molar-refractivity contribution in [3.05, 3.63) is 59.7 Å². The Balaban J connectivity index is 1.88. The zero-order valence-corrected chi connectivity index (χ0v) is 15.4. The van der Waals surface area contributed by atoms with E-state index in [2.05, 4.69) is 69.3 Å². The van der Waals surface area contributed by atoms with Crippen molar-refractivity contribution in [2.24, 2.45) is 5.41 Å². The summed E-state index contributed by atoms with van der Waals surface area (Å²) in [5, 5.41) is 0. The molecule has 3 rings (SSSR count). The van der Waals surface area contributed by atoms with E-state index in [1.807, 2.05) is 0 Å². The van der Waals surface area contributed by atoms with Crippen molar-refractivity contribution in [3.63, 3.8) is 0 Å². The highest BCUT2D eigenvalue weighted by molar-refractivity contribution is 5.80. The van der Waals surface area contributed by atoms with Gasteiger partial charge in [-0.15, -0.1) is 0 Å². The molecule has 0 saturated heterocycles. The lowest BCUT2D eigenvalue weighted by Crippen LogP contribution is -2.24. The van der Waals surface area contributed by atoms with E-state index < -0.39 is 0 Å². The third-order valence-electron chi connectivity index (χ3n) is 5.79. The molecule has 0 saturated carbocycles. The van der Waals surface area contributed by atoms with Crippen LogP contribution in [0, 0.1) is 5.41 Å². The maximum absolute atomic E-state index is 11.3. The molecule has 0 heterocycles. The largest absolute Gasteiger partial charge is 0.300 e. The molecule has 2 aromatic carbocycles. The molecule has 24 heavy (non-hydrogen) atoms. The Morgan fingerprint density at radius 2 is 1.42 bits per heavy atom. The lowest BCUT2D eigenvalue weighted by atomic mass is 9.71. The van der Waals surface area contributed by atoms with Gasteiger partial charge in [-0.2, -0.15) is 0 Å². The Kier molecular flexibility index (Phi) is 4.38. The molecule has 2 aromatic rings. The van der Waals surface area contributed by atoms with Crippen LogP contribution in [0.5, 0.6) is 0 Å². The van der Waals surface area contributed by atoms with E-state index in [4.69, 9.17) is 0 Å². The minimum Gasteiger partial charge on any atom is -0.300 e. The number of fused-ring (bicyclic) bond motifs is 3. The number of ketones is 1. The Hall–Kier alpha value is -1.89. The van der Waals surface area contributed by atoms with Crippen molar-refractivity contribution < 1.29 is 4.79 Å². The van der Waals surface area contributed by atoms with Crippen LogP contribution in [0.25, 0.3) is 11.1 Å². The number of Topliss-reactive ketones (excluding diaryl/α,β-unsaturated/α-hetero) is 1. The highest BCUT2D eigenvalue weighted by Crippen LogP contribution is 2.52. The van der Waals surface area contributed by atoms with Crippen molar-refractivity contribution in [1.82, 2.24) is 0 Å². The summed E-state index contributed by atoms with van der Waals surface area (Å²) in [5.41, 5.74) is 5.94. The summed E-state index contributed by atoms with van der Waals surface area (Å²) in [7, 11) is 0. The zero-order valence-electron chi connectivity index (χ0n) is 15.4. The summed E-state index contributed by atoms with van der Waals surface area (Å²) in [6, 6.07) is 17.7. The van der Waals surface area contributed by atoms with Gasteiger partial charge < -0.3 is 4.79 Å². The number of carbonyl (C=O) groups is 1. The van der Waals surface area contributed by atoms with Gasteiger partial charge >= 0.3 is 0 Å². The molecule has 0 bridgehead atoms. The second-order valence-corrected chi connectivity index (χ2v) is 8.29. The van der Waals surface area contributed by atoms with E-state index in [-0.39, 0.29) is 10.8 Å². The van der Waals surface area contributed by atoms with Crippen molar-refractivity contribution in [3.8, 4) is 11.1 Å². The minimum atomic E-state index is 0.0701. The molecule has 0 aliphatic heterocycles. The third-order valence-corrected chi connectivity index (χ3v) is 5.79. The maximum atomic E-state index is 11.3. The first kappa shape index (κ1) is 17.0. The monoisotopic (exact) mass is 320 g/mol. The first-order valence-corrected chi connectivity index (χ1v) is 9.02. The van der Waals surface area contributed by atoms with Crippen LogP contribution in [0.4, 0.5) is 0 Å². The fourth-order valence-electron chi connectivity index (χ4n) is 4.04. The standard InChI is InChI=1S/C23H28O/c1-17(24)13-14-22(2,3)15-16-23(4)20-11-7-5-9-18(20)19-10-6-8-12-21(19)23/h5-12H,13-16H2,1-4H3. The fraction of sp³-hybridized carbons (Fsp3) is 0.435. The van der Waals surface area contributed by atoms with Gasteiger partial charge in [-0.3, -0.25) is 0 Å². The van der Waals surface area contributed by atoms with Crippen molar-refractivity contribution in [1.29, 1.82) is 0 Å². The number of carbonyl (C=O) groups excluding carboxylic acids is 1. The second-order valence-electron chi connectivity index (χ2n) is 8.29. The first-order valence-electron chi connectivity index (χ1n) is 9.02. The molecule has 1 aliphatic rings. The highest BCUT2D eigenvalue weighted by Gasteiger charge is 2.39. The summed E-state index contributed by atoms with van der Waals surface area (Å²) in [4.78, 5) is 11.3. The normalized spacial score (nSPS) is 15.0. The smallest absolute Gasteiger partial charge is 0.129 e. The van der Waals surface area contributed by atoms with E-state index >= 15 is 0 Å². The van der Waals surface area contributed by atoms with Gasteiger partial charge in [0.15, 0.2) is 0 Å². The van der Waals surface area contributed by atoms with Gasteiger partial charge in [0, 0.05) is 11.8 Å². The lowest BCUT2D eigenvalue weighted by Gasteiger charge is -2.33. The van der Waals surface area contributed by atoms with Crippen molar-refractivity contribution >= 4 is 5.78 Å². The van der Waals surface area contributed by atoms with Gasteiger partial charge in [0.2, 0.25) is 0 Å². The van der Waals surface area contributed by atoms with Gasteiger partial charge in [-0.05, 0) is 53.9 Å². The molecule has 0 radical (unpaired) electrons. The summed E-state index contributed by atoms with van der Waals surface area (Å²) in [5.74, 6) is 0.297. The molecule has 1 nitrogen and oxygen atoms in total. The van der Waals surface area contributed by atoms with Crippen LogP contribution < -0.4 is 0 Å². The quantitative estimate of drug-likeness (QED) is 0.624. The van der Waals surface area contributed by atoms with Gasteiger partial charge in [-0.1, -0.05) is 69.3 Å². The second kappa shape index (κ2) is 6.20. The van der Waals surface area contributed by atoms with Crippen LogP contribution in [0.2, 0.25) is 0 Å². The van der Waals surface area contributed by atoms with E-state index in [0.717, 1.165) is 19.3 Å². The molecular weight excluding hydrogens is 292 g/mol. The summed E-state index contributed by atoms with van der Waals surface area (Å²) >= 11 is 0. The van der Waals surface area contributed by atoms with Crippen LogP contribution in [0.1, 0.15) is 64.5 Å². The third kappa shape index (κ3) is 3.05. The van der Waals surface area contributed by atoms with Gasteiger partial charge in [0.05, 0.1) is 0 Å². The van der Waals surface area contributed by atoms with Crippen LogP contribution in [-0.2, 0) is 10.2 Å². The van der Waals surface area contributed by atoms with E-state index in [9.17, 15) is 4.79 Å². The number of rotatable bonds is 6. The minimum absolute atomic E-state index is 0.0701. The predicted octanol–water partition coefficient (Wildman–Crippen LogP) is 6.15. The van der Waals surface area contributed by atoms with Gasteiger partial charge in [0.25, 0.3) is 0 Å². The van der Waals surface area contributed by atoms with Crippen LogP contribution in [0.3, 0.4) is 0 Å². The molecule has 126 valence electrons. The fourth-order valence-corrected chi connectivity index (χ4v) is 4.04. The highest BCUT2D eigenvalue weighted by atomic mass is 16.1. The summed E-state index contributed by atoms with van der Waals surface area (Å²) in [6.07, 6.45) is 3.91. The molecular formula is C23H28O. The first-order chi connectivity index (χ1) is 11.3. The average molecular weight is 320 g/mol. The Labute approximate surface area is 146 Å². The molecule has 0 fully saturated rings. The summed E-state index contributed by atoms with van der Waals surface area (Å²) in [6.45, 7) is 8.68.